The molecule has 0 radical (unpaired) electrons. The van der Waals surface area contributed by atoms with E-state index in [9.17, 15) is 9.59 Å². The van der Waals surface area contributed by atoms with Gasteiger partial charge in [0, 0.05) is 43.2 Å². The molecule has 31 heavy (non-hydrogen) atoms. The molecule has 1 saturated heterocycles. The minimum Gasteiger partial charge on any atom is -0.371 e. The van der Waals surface area contributed by atoms with Crippen molar-refractivity contribution >= 4 is 29.0 Å². The van der Waals surface area contributed by atoms with E-state index in [1.54, 1.807) is 6.07 Å². The van der Waals surface area contributed by atoms with Gasteiger partial charge in [-0.2, -0.15) is 0 Å². The third-order valence-electron chi connectivity index (χ3n) is 5.59. The summed E-state index contributed by atoms with van der Waals surface area (Å²) in [6.07, 6.45) is 2.25. The van der Waals surface area contributed by atoms with E-state index in [0.717, 1.165) is 51.3 Å². The van der Waals surface area contributed by atoms with Gasteiger partial charge in [0.15, 0.2) is 0 Å². The van der Waals surface area contributed by atoms with Crippen LogP contribution in [0.2, 0.25) is 0 Å². The van der Waals surface area contributed by atoms with Crippen LogP contribution < -0.4 is 20.9 Å². The van der Waals surface area contributed by atoms with Gasteiger partial charge in [-0.1, -0.05) is 32.0 Å². The van der Waals surface area contributed by atoms with Gasteiger partial charge in [0.1, 0.15) is 0 Å². The molecule has 1 aliphatic rings. The number of urea groups is 1. The molecule has 0 saturated carbocycles. The number of nitrogens with zero attached hydrogens (tertiary/aromatic N) is 2. The fraction of sp³-hybridized carbons (Fsp3) is 0.417. The molecule has 0 unspecified atom stereocenters. The van der Waals surface area contributed by atoms with Gasteiger partial charge in [-0.05, 0) is 56.3 Å². The number of carbonyl (C=O) groups is 2. The van der Waals surface area contributed by atoms with Crippen LogP contribution in [0.4, 0.5) is 21.9 Å². The number of anilines is 3. The molecule has 3 rings (SSSR count). The number of likely N-dealkylation sites (N-methyl/N-ethyl adjacent to an activating group) is 1. The molecule has 3 N–H and O–H groups in total. The molecule has 166 valence electrons. The fourth-order valence-corrected chi connectivity index (χ4v) is 3.81. The van der Waals surface area contributed by atoms with Crippen LogP contribution in [0.5, 0.6) is 0 Å². The van der Waals surface area contributed by atoms with Crippen molar-refractivity contribution in [1.29, 1.82) is 0 Å². The number of nitrogens with one attached hydrogen (secondary N) is 3. The topological polar surface area (TPSA) is 76.7 Å². The summed E-state index contributed by atoms with van der Waals surface area (Å²) >= 11 is 0. The van der Waals surface area contributed by atoms with Crippen LogP contribution in [0.25, 0.3) is 0 Å². The first-order valence-corrected chi connectivity index (χ1v) is 11.1. The van der Waals surface area contributed by atoms with E-state index >= 15 is 0 Å². The Morgan fingerprint density at radius 3 is 2.29 bits per heavy atom. The van der Waals surface area contributed by atoms with Gasteiger partial charge in [0.2, 0.25) is 0 Å². The van der Waals surface area contributed by atoms with Crippen LogP contribution >= 0.6 is 0 Å². The van der Waals surface area contributed by atoms with Crippen LogP contribution in [0.1, 0.15) is 37.0 Å². The summed E-state index contributed by atoms with van der Waals surface area (Å²) in [6, 6.07) is 14.5. The Bertz CT molecular complexity index is 862. The molecule has 1 aliphatic heterocycles. The van der Waals surface area contributed by atoms with E-state index in [2.05, 4.69) is 39.6 Å². The second kappa shape index (κ2) is 11.4. The van der Waals surface area contributed by atoms with E-state index in [-0.39, 0.29) is 11.9 Å². The maximum absolute atomic E-state index is 13.0. The Morgan fingerprint density at radius 1 is 0.935 bits per heavy atom. The summed E-state index contributed by atoms with van der Waals surface area (Å²) in [5.41, 5.74) is 2.82. The van der Waals surface area contributed by atoms with Crippen molar-refractivity contribution in [3.8, 4) is 0 Å². The van der Waals surface area contributed by atoms with Crippen molar-refractivity contribution in [1.82, 2.24) is 10.2 Å². The van der Waals surface area contributed by atoms with Gasteiger partial charge in [0.25, 0.3) is 5.91 Å². The number of hydrogen-bond acceptors (Lipinski definition) is 4. The van der Waals surface area contributed by atoms with E-state index in [1.165, 1.54) is 0 Å². The minimum atomic E-state index is -0.340. The average molecular weight is 424 g/mol. The Hall–Kier alpha value is -3.06. The monoisotopic (exact) mass is 423 g/mol. The van der Waals surface area contributed by atoms with E-state index < -0.39 is 0 Å². The van der Waals surface area contributed by atoms with Crippen LogP contribution in [-0.4, -0.2) is 56.1 Å². The summed E-state index contributed by atoms with van der Waals surface area (Å²) in [5.74, 6) is -0.110. The SMILES string of the molecule is CCN(CC)CCNC(=O)c1cc(NC(=O)Nc2ccccc2)ccc1N1CCCC1. The van der Waals surface area contributed by atoms with Gasteiger partial charge in [-0.15, -0.1) is 0 Å². The van der Waals surface area contributed by atoms with Gasteiger partial charge in [0.05, 0.1) is 5.56 Å². The second-order valence-corrected chi connectivity index (χ2v) is 7.65. The van der Waals surface area contributed by atoms with Crippen LogP contribution in [0.3, 0.4) is 0 Å². The number of carbonyl (C=O) groups excluding carboxylic acids is 2. The highest BCUT2D eigenvalue weighted by Crippen LogP contribution is 2.27. The molecule has 2 aromatic rings. The number of hydrogen-bond donors (Lipinski definition) is 3. The molecule has 0 bridgehead atoms. The molecule has 1 fully saturated rings. The first kappa shape index (κ1) is 22.6. The Morgan fingerprint density at radius 2 is 1.61 bits per heavy atom. The average Bonchev–Trinajstić information content (AvgIpc) is 3.32. The normalized spacial score (nSPS) is 13.3. The lowest BCUT2D eigenvalue weighted by Crippen LogP contribution is -2.35. The van der Waals surface area contributed by atoms with Crippen molar-refractivity contribution in [3.05, 3.63) is 54.1 Å². The molecular formula is C24H33N5O2. The Balaban J connectivity index is 1.71. The fourth-order valence-electron chi connectivity index (χ4n) is 3.81. The summed E-state index contributed by atoms with van der Waals surface area (Å²) in [7, 11) is 0. The predicted octanol–water partition coefficient (Wildman–Crippen LogP) is 4.00. The third kappa shape index (κ3) is 6.46. The molecule has 2 aromatic carbocycles. The third-order valence-corrected chi connectivity index (χ3v) is 5.59. The molecule has 7 nitrogen and oxygen atoms in total. The van der Waals surface area contributed by atoms with Crippen molar-refractivity contribution in [2.45, 2.75) is 26.7 Å². The van der Waals surface area contributed by atoms with Crippen LogP contribution in [0.15, 0.2) is 48.5 Å². The molecule has 0 spiro atoms. The highest BCUT2D eigenvalue weighted by atomic mass is 16.2. The zero-order valence-corrected chi connectivity index (χ0v) is 18.5. The maximum Gasteiger partial charge on any atom is 0.323 e. The highest BCUT2D eigenvalue weighted by molar-refractivity contribution is 6.04. The van der Waals surface area contributed by atoms with E-state index in [1.807, 2.05) is 42.5 Å². The van der Waals surface area contributed by atoms with Crippen molar-refractivity contribution < 1.29 is 9.59 Å². The molecule has 0 aromatic heterocycles. The molecule has 7 heteroatoms. The van der Waals surface area contributed by atoms with Crippen LogP contribution in [0, 0.1) is 0 Å². The first-order chi connectivity index (χ1) is 15.1. The number of amides is 3. The maximum atomic E-state index is 13.0. The predicted molar refractivity (Wildman–Crippen MR) is 127 cm³/mol. The summed E-state index contributed by atoms with van der Waals surface area (Å²) < 4.78 is 0. The number of rotatable bonds is 9. The number of benzene rings is 2. The lowest BCUT2D eigenvalue weighted by atomic mass is 10.1. The lowest BCUT2D eigenvalue weighted by molar-refractivity contribution is 0.0949. The summed E-state index contributed by atoms with van der Waals surface area (Å²) in [5, 5.41) is 8.69. The Kier molecular flexibility index (Phi) is 8.29. The van der Waals surface area contributed by atoms with Crippen LogP contribution in [-0.2, 0) is 0 Å². The minimum absolute atomic E-state index is 0.110. The second-order valence-electron chi connectivity index (χ2n) is 7.65. The van der Waals surface area contributed by atoms with Gasteiger partial charge < -0.3 is 25.8 Å². The zero-order chi connectivity index (χ0) is 22.1. The standard InChI is InChI=1S/C24H33N5O2/c1-3-28(4-2)17-14-25-23(30)21-18-20(12-13-22(21)29-15-8-9-16-29)27-24(31)26-19-10-6-5-7-11-19/h5-7,10-13,18H,3-4,8-9,14-17H2,1-2H3,(H,25,30)(H2,26,27,31). The van der Waals surface area contributed by atoms with E-state index in [4.69, 9.17) is 0 Å². The summed E-state index contributed by atoms with van der Waals surface area (Å²) in [6.45, 7) is 9.45. The molecular weight excluding hydrogens is 390 g/mol. The van der Waals surface area contributed by atoms with E-state index in [0.29, 0.717) is 23.5 Å². The zero-order valence-electron chi connectivity index (χ0n) is 18.5. The largest absolute Gasteiger partial charge is 0.371 e. The lowest BCUT2D eigenvalue weighted by Gasteiger charge is -2.23. The van der Waals surface area contributed by atoms with Gasteiger partial charge in [-0.3, -0.25) is 4.79 Å². The van der Waals surface area contributed by atoms with Crippen molar-refractivity contribution in [3.63, 3.8) is 0 Å². The van der Waals surface area contributed by atoms with Gasteiger partial charge >= 0.3 is 6.03 Å². The molecule has 3 amide bonds. The molecule has 0 aliphatic carbocycles. The van der Waals surface area contributed by atoms with Crippen molar-refractivity contribution in [2.24, 2.45) is 0 Å². The molecule has 1 heterocycles. The van der Waals surface area contributed by atoms with Gasteiger partial charge in [-0.25, -0.2) is 4.79 Å². The number of para-hydroxylation sites is 1. The smallest absolute Gasteiger partial charge is 0.323 e. The summed E-state index contributed by atoms with van der Waals surface area (Å²) in [4.78, 5) is 29.9. The molecule has 0 atom stereocenters. The van der Waals surface area contributed by atoms with Crippen molar-refractivity contribution in [2.75, 3.05) is 54.8 Å². The first-order valence-electron chi connectivity index (χ1n) is 11.1. The quantitative estimate of drug-likeness (QED) is 0.570. The Labute approximate surface area is 184 Å². The highest BCUT2D eigenvalue weighted by Gasteiger charge is 2.20.